The maximum Gasteiger partial charge on any atom is 0.309 e. The highest BCUT2D eigenvalue weighted by molar-refractivity contribution is 5.75. The highest BCUT2D eigenvalue weighted by Crippen LogP contribution is 2.40. The lowest BCUT2D eigenvalue weighted by Crippen LogP contribution is -2.32. The Hall–Kier alpha value is -2.87. The minimum Gasteiger partial charge on any atom is -0.481 e. The van der Waals surface area contributed by atoms with Crippen molar-refractivity contribution in [2.75, 3.05) is 0 Å². The Labute approximate surface area is 488 Å². The van der Waals surface area contributed by atoms with Gasteiger partial charge in [-0.1, -0.05) is 272 Å². The summed E-state index contributed by atoms with van der Waals surface area (Å²) in [5.74, 6) is -0.595. The number of rotatable bonds is 51. The molecule has 1 aliphatic carbocycles. The standard InChI is InChI=1S/C76H132O2/c1-11-12-13-14-15-16-17-18-19-20-21-22-23-24-25-26-27-28-29-30-31-32-34-45-66(2)46-37-47-67(3)48-38-49-68(4)50-39-51-69(5)52-40-53-70(6)54-41-55-71(7)56-42-57-72(8)58-43-59-73(9)60-44-61-74(10)62-65-76(75(77)78)63-35-33-36-64-76/h46,48,50,52,54,56,58,60,62H,11-45,47,49,51,53,55,57,59,61,63-65H2,1-10H3,(H,77,78). The third-order valence-corrected chi connectivity index (χ3v) is 17.5. The molecule has 0 aromatic rings. The van der Waals surface area contributed by atoms with E-state index in [0.29, 0.717) is 6.42 Å². The van der Waals surface area contributed by atoms with Crippen molar-refractivity contribution in [2.24, 2.45) is 5.41 Å². The van der Waals surface area contributed by atoms with Gasteiger partial charge in [-0.05, 0) is 197 Å². The van der Waals surface area contributed by atoms with Crippen LogP contribution in [0.25, 0.3) is 0 Å². The molecule has 0 aromatic carbocycles. The minimum absolute atomic E-state index is 0.518. The zero-order chi connectivity index (χ0) is 57.2. The Morgan fingerprint density at radius 1 is 0.295 bits per heavy atom. The van der Waals surface area contributed by atoms with Crippen LogP contribution in [0.3, 0.4) is 0 Å². The number of unbranched alkanes of at least 4 members (excludes halogenated alkanes) is 22. The third-order valence-electron chi connectivity index (χ3n) is 17.5. The molecule has 1 aliphatic rings. The van der Waals surface area contributed by atoms with Crippen molar-refractivity contribution < 1.29 is 9.90 Å². The number of carboxylic acids is 1. The minimum atomic E-state index is -0.595. The van der Waals surface area contributed by atoms with Crippen molar-refractivity contribution in [3.05, 3.63) is 105 Å². The molecule has 0 aliphatic heterocycles. The van der Waals surface area contributed by atoms with Gasteiger partial charge in [-0.25, -0.2) is 0 Å². The van der Waals surface area contributed by atoms with Gasteiger partial charge in [0.1, 0.15) is 0 Å². The Morgan fingerprint density at radius 3 is 0.731 bits per heavy atom. The average molecular weight is 1080 g/mol. The van der Waals surface area contributed by atoms with Crippen LogP contribution in [0.2, 0.25) is 0 Å². The van der Waals surface area contributed by atoms with E-state index in [0.717, 1.165) is 89.9 Å². The number of hydrogen-bond donors (Lipinski definition) is 1. The molecule has 0 bridgehead atoms. The fourth-order valence-electron chi connectivity index (χ4n) is 11.6. The molecule has 78 heavy (non-hydrogen) atoms. The largest absolute Gasteiger partial charge is 0.481 e. The first-order valence-corrected chi connectivity index (χ1v) is 33.9. The van der Waals surface area contributed by atoms with Crippen LogP contribution in [0.15, 0.2) is 105 Å². The smallest absolute Gasteiger partial charge is 0.309 e. The Kier molecular flexibility index (Phi) is 47.9. The lowest BCUT2D eigenvalue weighted by molar-refractivity contribution is -0.150. The number of carboxylic acid groups (broad SMARTS) is 1. The molecule has 1 N–H and O–H groups in total. The van der Waals surface area contributed by atoms with Crippen LogP contribution < -0.4 is 0 Å². The summed E-state index contributed by atoms with van der Waals surface area (Å²) < 4.78 is 0. The Balaban J connectivity index is 2.07. The zero-order valence-corrected chi connectivity index (χ0v) is 54.1. The van der Waals surface area contributed by atoms with E-state index in [1.807, 2.05) is 0 Å². The van der Waals surface area contributed by atoms with Gasteiger partial charge >= 0.3 is 5.97 Å². The van der Waals surface area contributed by atoms with Crippen molar-refractivity contribution in [2.45, 2.75) is 365 Å². The van der Waals surface area contributed by atoms with Crippen LogP contribution in [0, 0.1) is 5.41 Å². The van der Waals surface area contributed by atoms with Crippen molar-refractivity contribution in [3.63, 3.8) is 0 Å². The first kappa shape index (κ1) is 73.1. The van der Waals surface area contributed by atoms with Crippen molar-refractivity contribution in [1.82, 2.24) is 0 Å². The van der Waals surface area contributed by atoms with E-state index >= 15 is 0 Å². The van der Waals surface area contributed by atoms with Crippen LogP contribution >= 0.6 is 0 Å². The van der Waals surface area contributed by atoms with Gasteiger partial charge in [-0.15, -0.1) is 0 Å². The van der Waals surface area contributed by atoms with E-state index < -0.39 is 11.4 Å². The van der Waals surface area contributed by atoms with Crippen LogP contribution in [0.1, 0.15) is 365 Å². The van der Waals surface area contributed by atoms with Gasteiger partial charge < -0.3 is 5.11 Å². The van der Waals surface area contributed by atoms with Gasteiger partial charge in [-0.2, -0.15) is 0 Å². The SMILES string of the molecule is CCCCCCCCCCCCCCCCCCCCCCCCCC(C)=CCCC(C)=CCCC(C)=CCCC(C)=CCCC(C)=CCCC(C)=CCCC(C)=CCCC(C)=CCCC(C)=CCC1(C(=O)O)CCCCC1. The summed E-state index contributed by atoms with van der Waals surface area (Å²) in [6.45, 7) is 23.0. The fourth-order valence-corrected chi connectivity index (χ4v) is 11.6. The fraction of sp³-hybridized carbons (Fsp3) is 0.750. The average Bonchev–Trinajstić information content (AvgIpc) is 3.41. The van der Waals surface area contributed by atoms with Gasteiger partial charge in [0.25, 0.3) is 0 Å². The summed E-state index contributed by atoms with van der Waals surface area (Å²) in [5.41, 5.74) is 13.0. The molecule has 1 saturated carbocycles. The third kappa shape index (κ3) is 44.8. The highest BCUT2D eigenvalue weighted by Gasteiger charge is 2.38. The Bertz CT molecular complexity index is 1770. The van der Waals surface area contributed by atoms with E-state index in [4.69, 9.17) is 0 Å². The summed E-state index contributed by atoms with van der Waals surface area (Å²) in [6.07, 6.45) is 80.6. The maximum atomic E-state index is 12.0. The van der Waals surface area contributed by atoms with Crippen LogP contribution in [-0.4, -0.2) is 11.1 Å². The second kappa shape index (κ2) is 51.0. The van der Waals surface area contributed by atoms with Gasteiger partial charge in [0, 0.05) is 0 Å². The second-order valence-corrected chi connectivity index (χ2v) is 25.6. The molecule has 448 valence electrons. The molecular weight excluding hydrogens is 945 g/mol. The van der Waals surface area contributed by atoms with Gasteiger partial charge in [0.15, 0.2) is 0 Å². The molecule has 0 saturated heterocycles. The second-order valence-electron chi connectivity index (χ2n) is 25.6. The van der Waals surface area contributed by atoms with E-state index in [1.54, 1.807) is 16.7 Å². The molecule has 1 fully saturated rings. The molecule has 0 atom stereocenters. The molecule has 2 nitrogen and oxygen atoms in total. The monoisotopic (exact) mass is 1080 g/mol. The topological polar surface area (TPSA) is 37.3 Å². The predicted molar refractivity (Wildman–Crippen MR) is 352 cm³/mol. The van der Waals surface area contributed by atoms with Crippen molar-refractivity contribution >= 4 is 5.97 Å². The number of aliphatic carboxylic acids is 1. The van der Waals surface area contributed by atoms with E-state index in [9.17, 15) is 9.90 Å². The summed E-state index contributed by atoms with van der Waals surface area (Å²) >= 11 is 0. The number of carbonyl (C=O) groups is 1. The molecule has 2 heteroatoms. The maximum absolute atomic E-state index is 12.0. The van der Waals surface area contributed by atoms with E-state index in [1.165, 1.54) is 232 Å². The molecule has 0 heterocycles. The lowest BCUT2D eigenvalue weighted by atomic mass is 9.71. The predicted octanol–water partition coefficient (Wildman–Crippen LogP) is 26.6. The summed E-state index contributed by atoms with van der Waals surface area (Å²) in [4.78, 5) is 12.0. The number of allylic oxidation sites excluding steroid dienone is 18. The van der Waals surface area contributed by atoms with E-state index in [2.05, 4.69) is 124 Å². The quantitative estimate of drug-likeness (QED) is 0.0487. The molecule has 0 spiro atoms. The summed E-state index contributed by atoms with van der Waals surface area (Å²) in [5, 5.41) is 9.88. The van der Waals surface area contributed by atoms with Crippen LogP contribution in [0.4, 0.5) is 0 Å². The van der Waals surface area contributed by atoms with Crippen LogP contribution in [-0.2, 0) is 4.79 Å². The Morgan fingerprint density at radius 2 is 0.500 bits per heavy atom. The molecule has 0 radical (unpaired) electrons. The van der Waals surface area contributed by atoms with Crippen LogP contribution in [0.5, 0.6) is 0 Å². The highest BCUT2D eigenvalue weighted by atomic mass is 16.4. The molecular formula is C76H132O2. The zero-order valence-electron chi connectivity index (χ0n) is 54.1. The number of hydrogen-bond acceptors (Lipinski definition) is 1. The molecule has 0 aromatic heterocycles. The molecule has 0 amide bonds. The van der Waals surface area contributed by atoms with Gasteiger partial charge in [0.2, 0.25) is 0 Å². The molecule has 0 unspecified atom stereocenters. The summed E-state index contributed by atoms with van der Waals surface area (Å²) in [6, 6.07) is 0. The lowest BCUT2D eigenvalue weighted by Gasteiger charge is -2.32. The van der Waals surface area contributed by atoms with Gasteiger partial charge in [-0.3, -0.25) is 4.79 Å². The van der Waals surface area contributed by atoms with Crippen molar-refractivity contribution in [3.8, 4) is 0 Å². The van der Waals surface area contributed by atoms with Gasteiger partial charge in [0.05, 0.1) is 5.41 Å². The van der Waals surface area contributed by atoms with Crippen molar-refractivity contribution in [1.29, 1.82) is 0 Å². The van der Waals surface area contributed by atoms with E-state index in [-0.39, 0.29) is 0 Å². The molecule has 1 rings (SSSR count). The summed E-state index contributed by atoms with van der Waals surface area (Å²) in [7, 11) is 0. The first-order valence-electron chi connectivity index (χ1n) is 33.9. The first-order chi connectivity index (χ1) is 37.8. The normalized spacial score (nSPS) is 15.7.